The van der Waals surface area contributed by atoms with Crippen molar-refractivity contribution in [3.63, 3.8) is 0 Å². The molecule has 1 heterocycles. The van der Waals surface area contributed by atoms with Crippen molar-refractivity contribution in [3.8, 4) is 0 Å². The van der Waals surface area contributed by atoms with Crippen molar-refractivity contribution < 1.29 is 19.1 Å². The number of carbonyl (C=O) groups is 1. The number of unbranched alkanes of at least 4 members (excludes halogenated alkanes) is 4. The second-order valence-electron chi connectivity index (χ2n) is 6.98. The van der Waals surface area contributed by atoms with Gasteiger partial charge in [0.2, 0.25) is 5.91 Å². The first-order valence-electron chi connectivity index (χ1n) is 9.80. The summed E-state index contributed by atoms with van der Waals surface area (Å²) in [4.78, 5) is 17.2. The van der Waals surface area contributed by atoms with Gasteiger partial charge in [-0.3, -0.25) is 9.63 Å². The fraction of sp³-hybridized carbons (Fsp3) is 0.667. The molecule has 1 aliphatic heterocycles. The third kappa shape index (κ3) is 6.71. The second kappa shape index (κ2) is 11.3. The summed E-state index contributed by atoms with van der Waals surface area (Å²) in [5.74, 6) is -0.0760. The molecule has 0 radical (unpaired) electrons. The normalized spacial score (nSPS) is 23.0. The molecule has 146 valence electrons. The van der Waals surface area contributed by atoms with Crippen LogP contribution in [0.1, 0.15) is 70.1 Å². The zero-order valence-electron chi connectivity index (χ0n) is 16.4. The molecule has 0 bridgehead atoms. The van der Waals surface area contributed by atoms with Crippen LogP contribution in [-0.4, -0.2) is 37.3 Å². The fourth-order valence-electron chi connectivity index (χ4n) is 3.27. The molecule has 0 saturated carbocycles. The zero-order chi connectivity index (χ0) is 18.8. The van der Waals surface area contributed by atoms with Crippen LogP contribution in [0.15, 0.2) is 30.3 Å². The van der Waals surface area contributed by atoms with E-state index in [1.165, 1.54) is 37.9 Å². The van der Waals surface area contributed by atoms with E-state index in [1.54, 1.807) is 7.05 Å². The molecule has 0 N–H and O–H groups in total. The van der Waals surface area contributed by atoms with Crippen molar-refractivity contribution in [2.75, 3.05) is 14.2 Å². The summed E-state index contributed by atoms with van der Waals surface area (Å²) >= 11 is 0. The maximum atomic E-state index is 12.2. The van der Waals surface area contributed by atoms with Gasteiger partial charge in [0.05, 0.1) is 25.7 Å². The predicted octanol–water partition coefficient (Wildman–Crippen LogP) is 4.63. The molecule has 0 unspecified atom stereocenters. The number of ether oxygens (including phenoxy) is 2. The van der Waals surface area contributed by atoms with Gasteiger partial charge in [-0.05, 0) is 6.42 Å². The van der Waals surface area contributed by atoms with Gasteiger partial charge in [-0.15, -0.1) is 0 Å². The minimum Gasteiger partial charge on any atom is -0.345 e. The maximum absolute atomic E-state index is 12.2. The monoisotopic (exact) mass is 363 g/mol. The summed E-state index contributed by atoms with van der Waals surface area (Å²) in [5, 5.41) is 1.26. The molecule has 1 aromatic carbocycles. The smallest absolute Gasteiger partial charge is 0.248 e. The van der Waals surface area contributed by atoms with E-state index in [2.05, 4.69) is 6.92 Å². The SMILES string of the molecule is CCCCCCC[C@@H]1C[C@H](CC(=O)N(C)OC)O[C@H](c2ccccc2)O1. The van der Waals surface area contributed by atoms with Crippen LogP contribution in [-0.2, 0) is 19.1 Å². The van der Waals surface area contributed by atoms with Gasteiger partial charge in [-0.25, -0.2) is 5.06 Å². The van der Waals surface area contributed by atoms with Crippen LogP contribution < -0.4 is 0 Å². The molecule has 5 heteroatoms. The zero-order valence-corrected chi connectivity index (χ0v) is 16.4. The highest BCUT2D eigenvalue weighted by Crippen LogP contribution is 2.33. The van der Waals surface area contributed by atoms with Crippen LogP contribution >= 0.6 is 0 Å². The highest BCUT2D eigenvalue weighted by Gasteiger charge is 2.32. The Kier molecular flexibility index (Phi) is 9.09. The number of nitrogens with zero attached hydrogens (tertiary/aromatic N) is 1. The molecule has 1 aliphatic rings. The molecule has 26 heavy (non-hydrogen) atoms. The predicted molar refractivity (Wildman–Crippen MR) is 101 cm³/mol. The Hall–Kier alpha value is -1.43. The van der Waals surface area contributed by atoms with Gasteiger partial charge in [0.15, 0.2) is 6.29 Å². The standard InChI is InChI=1S/C21H33NO4/c1-4-5-6-7-11-14-18-15-19(16-20(23)22(2)24-3)26-21(25-18)17-12-9-8-10-13-17/h8-10,12-13,18-19,21H,4-7,11,14-16H2,1-3H3/t18-,19-,21-/m1/s1. The van der Waals surface area contributed by atoms with Gasteiger partial charge < -0.3 is 9.47 Å². The van der Waals surface area contributed by atoms with E-state index in [9.17, 15) is 4.79 Å². The lowest BCUT2D eigenvalue weighted by Crippen LogP contribution is -2.37. The van der Waals surface area contributed by atoms with Gasteiger partial charge in [0, 0.05) is 19.0 Å². The molecule has 1 fully saturated rings. The highest BCUT2D eigenvalue weighted by atomic mass is 16.7. The quantitative estimate of drug-likeness (QED) is 0.449. The number of carbonyl (C=O) groups excluding carboxylic acids is 1. The van der Waals surface area contributed by atoms with Gasteiger partial charge >= 0.3 is 0 Å². The summed E-state index contributed by atoms with van der Waals surface area (Å²) in [7, 11) is 3.12. The number of benzene rings is 1. The lowest BCUT2D eigenvalue weighted by atomic mass is 10.00. The Labute approximate surface area is 157 Å². The van der Waals surface area contributed by atoms with Crippen LogP contribution in [0.3, 0.4) is 0 Å². The van der Waals surface area contributed by atoms with E-state index < -0.39 is 6.29 Å². The van der Waals surface area contributed by atoms with Crippen LogP contribution in [0.2, 0.25) is 0 Å². The van der Waals surface area contributed by atoms with E-state index in [1.807, 2.05) is 30.3 Å². The third-order valence-electron chi connectivity index (χ3n) is 4.89. The molecule has 1 amide bonds. The Balaban J connectivity index is 1.95. The van der Waals surface area contributed by atoms with Crippen LogP contribution in [0, 0.1) is 0 Å². The van der Waals surface area contributed by atoms with Gasteiger partial charge in [-0.2, -0.15) is 0 Å². The number of hydrogen-bond acceptors (Lipinski definition) is 4. The minimum atomic E-state index is -0.406. The molecule has 1 aromatic rings. The summed E-state index contributed by atoms with van der Waals surface area (Å²) in [5.41, 5.74) is 1.00. The molecule has 0 aromatic heterocycles. The van der Waals surface area contributed by atoms with Crippen molar-refractivity contribution in [2.45, 2.75) is 76.8 Å². The molecule has 1 saturated heterocycles. The van der Waals surface area contributed by atoms with Crippen LogP contribution in [0.5, 0.6) is 0 Å². The highest BCUT2D eigenvalue weighted by molar-refractivity contribution is 5.75. The van der Waals surface area contributed by atoms with E-state index in [-0.39, 0.29) is 18.1 Å². The molecule has 3 atom stereocenters. The first-order chi connectivity index (χ1) is 12.6. The van der Waals surface area contributed by atoms with E-state index in [0.29, 0.717) is 6.42 Å². The summed E-state index contributed by atoms with van der Waals surface area (Å²) in [6.07, 6.45) is 7.86. The summed E-state index contributed by atoms with van der Waals surface area (Å²) in [6.45, 7) is 2.23. The first kappa shape index (κ1) is 20.9. The van der Waals surface area contributed by atoms with Crippen molar-refractivity contribution in [2.24, 2.45) is 0 Å². The Morgan fingerprint density at radius 1 is 1.12 bits per heavy atom. The molecule has 5 nitrogen and oxygen atoms in total. The lowest BCUT2D eigenvalue weighted by Gasteiger charge is -2.36. The third-order valence-corrected chi connectivity index (χ3v) is 4.89. The average molecular weight is 363 g/mol. The second-order valence-corrected chi connectivity index (χ2v) is 6.98. The largest absolute Gasteiger partial charge is 0.345 e. The molecule has 0 aliphatic carbocycles. The molecular formula is C21H33NO4. The lowest BCUT2D eigenvalue weighted by molar-refractivity contribution is -0.251. The Morgan fingerprint density at radius 3 is 2.50 bits per heavy atom. The average Bonchev–Trinajstić information content (AvgIpc) is 2.67. The fourth-order valence-corrected chi connectivity index (χ4v) is 3.27. The van der Waals surface area contributed by atoms with E-state index in [4.69, 9.17) is 14.3 Å². The molecule has 0 spiro atoms. The summed E-state index contributed by atoms with van der Waals surface area (Å²) in [6, 6.07) is 9.96. The van der Waals surface area contributed by atoms with Crippen molar-refractivity contribution in [1.82, 2.24) is 5.06 Å². The van der Waals surface area contributed by atoms with Crippen molar-refractivity contribution in [3.05, 3.63) is 35.9 Å². The Bertz CT molecular complexity index is 522. The summed E-state index contributed by atoms with van der Waals surface area (Å²) < 4.78 is 12.3. The van der Waals surface area contributed by atoms with Crippen LogP contribution in [0.25, 0.3) is 0 Å². The topological polar surface area (TPSA) is 48.0 Å². The molecular weight excluding hydrogens is 330 g/mol. The van der Waals surface area contributed by atoms with Gasteiger partial charge in [0.1, 0.15) is 0 Å². The van der Waals surface area contributed by atoms with Crippen molar-refractivity contribution in [1.29, 1.82) is 0 Å². The van der Waals surface area contributed by atoms with Gasteiger partial charge in [-0.1, -0.05) is 69.4 Å². The Morgan fingerprint density at radius 2 is 1.81 bits per heavy atom. The molecule has 2 rings (SSSR count). The number of hydroxylamine groups is 2. The maximum Gasteiger partial charge on any atom is 0.248 e. The van der Waals surface area contributed by atoms with E-state index in [0.717, 1.165) is 24.8 Å². The number of amides is 1. The van der Waals surface area contributed by atoms with Crippen molar-refractivity contribution >= 4 is 5.91 Å². The first-order valence-corrected chi connectivity index (χ1v) is 9.80. The number of rotatable bonds is 10. The minimum absolute atomic E-state index is 0.0760. The van der Waals surface area contributed by atoms with Crippen LogP contribution in [0.4, 0.5) is 0 Å². The van der Waals surface area contributed by atoms with Gasteiger partial charge in [0.25, 0.3) is 0 Å². The number of hydrogen-bond donors (Lipinski definition) is 0. The van der Waals surface area contributed by atoms with E-state index >= 15 is 0 Å².